The number of ether oxygens (including phenoxy) is 1. The van der Waals surface area contributed by atoms with Gasteiger partial charge in [-0.05, 0) is 19.9 Å². The summed E-state index contributed by atoms with van der Waals surface area (Å²) in [4.78, 5) is 5.13. The Morgan fingerprint density at radius 2 is 2.29 bits per heavy atom. The predicted molar refractivity (Wildman–Crippen MR) is 70.2 cm³/mol. The second kappa shape index (κ2) is 5.29. The maximum absolute atomic E-state index is 5.94. The molecule has 0 saturated carbocycles. The third-order valence-corrected chi connectivity index (χ3v) is 3.26. The lowest BCUT2D eigenvalue weighted by atomic mass is 10.1. The standard InChI is InChI=1S/C13H16N2OS/c1-9-3-4-13(12(5-9)10(2)14)16-7-11-6-15-8-17-11/h3-6,8,10H,7,14H2,1-2H3/t10-/m0/s1. The van der Waals surface area contributed by atoms with E-state index >= 15 is 0 Å². The van der Waals surface area contributed by atoms with Crippen LogP contribution in [0.2, 0.25) is 0 Å². The maximum Gasteiger partial charge on any atom is 0.124 e. The van der Waals surface area contributed by atoms with E-state index in [0.717, 1.165) is 16.2 Å². The van der Waals surface area contributed by atoms with Gasteiger partial charge in [-0.1, -0.05) is 17.7 Å². The van der Waals surface area contributed by atoms with Gasteiger partial charge in [0.1, 0.15) is 12.4 Å². The highest BCUT2D eigenvalue weighted by molar-refractivity contribution is 7.09. The van der Waals surface area contributed by atoms with Crippen LogP contribution in [-0.2, 0) is 6.61 Å². The highest BCUT2D eigenvalue weighted by atomic mass is 32.1. The number of aryl methyl sites for hydroxylation is 1. The molecule has 1 aromatic heterocycles. The molecular formula is C13H16N2OS. The summed E-state index contributed by atoms with van der Waals surface area (Å²) in [5.74, 6) is 0.860. The summed E-state index contributed by atoms with van der Waals surface area (Å²) >= 11 is 1.59. The van der Waals surface area contributed by atoms with Gasteiger partial charge in [0, 0.05) is 17.8 Å². The first-order chi connectivity index (χ1) is 8.16. The molecule has 2 rings (SSSR count). The lowest BCUT2D eigenvalue weighted by Crippen LogP contribution is -2.08. The Labute approximate surface area is 105 Å². The molecule has 0 spiro atoms. The number of thiazole rings is 1. The van der Waals surface area contributed by atoms with Crippen LogP contribution in [0.15, 0.2) is 29.9 Å². The highest BCUT2D eigenvalue weighted by Gasteiger charge is 2.08. The Morgan fingerprint density at radius 1 is 1.47 bits per heavy atom. The van der Waals surface area contributed by atoms with E-state index in [9.17, 15) is 0 Å². The van der Waals surface area contributed by atoms with E-state index in [2.05, 4.69) is 18.0 Å². The molecule has 0 radical (unpaired) electrons. The van der Waals surface area contributed by atoms with Crippen molar-refractivity contribution in [2.45, 2.75) is 26.5 Å². The van der Waals surface area contributed by atoms with Gasteiger partial charge in [-0.15, -0.1) is 11.3 Å². The molecule has 1 atom stereocenters. The Kier molecular flexibility index (Phi) is 3.76. The fourth-order valence-electron chi connectivity index (χ4n) is 1.62. The van der Waals surface area contributed by atoms with Crippen LogP contribution in [0.25, 0.3) is 0 Å². The zero-order valence-electron chi connectivity index (χ0n) is 10.0. The molecule has 1 heterocycles. The van der Waals surface area contributed by atoms with Crippen molar-refractivity contribution in [1.82, 2.24) is 4.98 Å². The van der Waals surface area contributed by atoms with E-state index in [4.69, 9.17) is 10.5 Å². The second-order valence-corrected chi connectivity index (χ2v) is 5.06. The number of nitrogens with two attached hydrogens (primary N) is 1. The molecule has 0 aliphatic rings. The van der Waals surface area contributed by atoms with Gasteiger partial charge >= 0.3 is 0 Å². The van der Waals surface area contributed by atoms with Crippen molar-refractivity contribution in [3.05, 3.63) is 45.9 Å². The summed E-state index contributed by atoms with van der Waals surface area (Å²) in [7, 11) is 0. The van der Waals surface area contributed by atoms with Crippen LogP contribution in [-0.4, -0.2) is 4.98 Å². The summed E-state index contributed by atoms with van der Waals surface area (Å²) in [5, 5.41) is 0. The van der Waals surface area contributed by atoms with Crippen molar-refractivity contribution in [2.75, 3.05) is 0 Å². The van der Waals surface area contributed by atoms with Crippen molar-refractivity contribution in [1.29, 1.82) is 0 Å². The number of hydrogen-bond acceptors (Lipinski definition) is 4. The van der Waals surface area contributed by atoms with Crippen molar-refractivity contribution in [3.63, 3.8) is 0 Å². The average molecular weight is 248 g/mol. The molecular weight excluding hydrogens is 232 g/mol. The summed E-state index contributed by atoms with van der Waals surface area (Å²) in [5.41, 5.74) is 10.00. The predicted octanol–water partition coefficient (Wildman–Crippen LogP) is 3.05. The van der Waals surface area contributed by atoms with Crippen molar-refractivity contribution in [3.8, 4) is 5.75 Å². The minimum absolute atomic E-state index is 0.0219. The molecule has 2 aromatic rings. The smallest absolute Gasteiger partial charge is 0.124 e. The molecule has 0 amide bonds. The summed E-state index contributed by atoms with van der Waals surface area (Å²) in [6, 6.07) is 6.07. The molecule has 0 aliphatic heterocycles. The molecule has 17 heavy (non-hydrogen) atoms. The summed E-state index contributed by atoms with van der Waals surface area (Å²) in [6.45, 7) is 4.57. The minimum atomic E-state index is -0.0219. The van der Waals surface area contributed by atoms with Gasteiger partial charge in [0.05, 0.1) is 10.4 Å². The van der Waals surface area contributed by atoms with E-state index in [1.165, 1.54) is 5.56 Å². The lowest BCUT2D eigenvalue weighted by Gasteiger charge is -2.14. The molecule has 4 heteroatoms. The number of nitrogens with zero attached hydrogens (tertiary/aromatic N) is 1. The zero-order chi connectivity index (χ0) is 12.3. The quantitative estimate of drug-likeness (QED) is 0.904. The van der Waals surface area contributed by atoms with Crippen LogP contribution in [0.5, 0.6) is 5.75 Å². The third kappa shape index (κ3) is 3.05. The topological polar surface area (TPSA) is 48.1 Å². The minimum Gasteiger partial charge on any atom is -0.488 e. The largest absolute Gasteiger partial charge is 0.488 e. The Morgan fingerprint density at radius 3 is 2.94 bits per heavy atom. The Hall–Kier alpha value is -1.39. The van der Waals surface area contributed by atoms with Crippen LogP contribution >= 0.6 is 11.3 Å². The number of aromatic nitrogens is 1. The van der Waals surface area contributed by atoms with Gasteiger partial charge < -0.3 is 10.5 Å². The molecule has 0 bridgehead atoms. The second-order valence-electron chi connectivity index (χ2n) is 4.09. The fourth-order valence-corrected chi connectivity index (χ4v) is 2.12. The SMILES string of the molecule is Cc1ccc(OCc2cncs2)c([C@H](C)N)c1. The first-order valence-corrected chi connectivity index (χ1v) is 6.41. The summed E-state index contributed by atoms with van der Waals surface area (Å²) in [6.07, 6.45) is 1.82. The lowest BCUT2D eigenvalue weighted by molar-refractivity contribution is 0.304. The first-order valence-electron chi connectivity index (χ1n) is 5.53. The van der Waals surface area contributed by atoms with Crippen LogP contribution in [0, 0.1) is 6.92 Å². The normalized spacial score (nSPS) is 12.4. The average Bonchev–Trinajstić information content (AvgIpc) is 2.80. The van der Waals surface area contributed by atoms with Crippen LogP contribution in [0.4, 0.5) is 0 Å². The monoisotopic (exact) mass is 248 g/mol. The molecule has 0 saturated heterocycles. The number of benzene rings is 1. The number of hydrogen-bond donors (Lipinski definition) is 1. The van der Waals surface area contributed by atoms with Gasteiger partial charge in [-0.2, -0.15) is 0 Å². The van der Waals surface area contributed by atoms with Crippen molar-refractivity contribution >= 4 is 11.3 Å². The molecule has 3 nitrogen and oxygen atoms in total. The zero-order valence-corrected chi connectivity index (χ0v) is 10.8. The molecule has 0 fully saturated rings. The molecule has 0 unspecified atom stereocenters. The van der Waals surface area contributed by atoms with Gasteiger partial charge in [0.25, 0.3) is 0 Å². The van der Waals surface area contributed by atoms with Crippen molar-refractivity contribution < 1.29 is 4.74 Å². The van der Waals surface area contributed by atoms with E-state index in [0.29, 0.717) is 6.61 Å². The molecule has 0 aliphatic carbocycles. The fraction of sp³-hybridized carbons (Fsp3) is 0.308. The van der Waals surface area contributed by atoms with Gasteiger partial charge in [0.2, 0.25) is 0 Å². The third-order valence-electron chi connectivity index (χ3n) is 2.51. The van der Waals surface area contributed by atoms with E-state index in [1.54, 1.807) is 16.8 Å². The summed E-state index contributed by atoms with van der Waals surface area (Å²) < 4.78 is 5.79. The van der Waals surface area contributed by atoms with Gasteiger partial charge in [-0.3, -0.25) is 4.98 Å². The molecule has 90 valence electrons. The maximum atomic E-state index is 5.94. The van der Waals surface area contributed by atoms with Gasteiger partial charge in [-0.25, -0.2) is 0 Å². The number of rotatable bonds is 4. The molecule has 1 aromatic carbocycles. The van der Waals surface area contributed by atoms with Crippen LogP contribution in [0.3, 0.4) is 0 Å². The van der Waals surface area contributed by atoms with Crippen molar-refractivity contribution in [2.24, 2.45) is 5.73 Å². The van der Waals surface area contributed by atoms with E-state index in [1.807, 2.05) is 25.3 Å². The Bertz CT molecular complexity index is 480. The van der Waals surface area contributed by atoms with Gasteiger partial charge in [0.15, 0.2) is 0 Å². The van der Waals surface area contributed by atoms with E-state index in [-0.39, 0.29) is 6.04 Å². The molecule has 2 N–H and O–H groups in total. The highest BCUT2D eigenvalue weighted by Crippen LogP contribution is 2.26. The Balaban J connectivity index is 2.14. The van der Waals surface area contributed by atoms with Crippen LogP contribution in [0.1, 0.15) is 29.0 Å². The first kappa shape index (κ1) is 12.1. The van der Waals surface area contributed by atoms with Crippen LogP contribution < -0.4 is 10.5 Å². The van der Waals surface area contributed by atoms with E-state index < -0.39 is 0 Å².